The van der Waals surface area contributed by atoms with Gasteiger partial charge in [0.05, 0.1) is 0 Å². The van der Waals surface area contributed by atoms with Crippen molar-refractivity contribution < 1.29 is 4.74 Å². The van der Waals surface area contributed by atoms with Crippen LogP contribution >= 0.6 is 0 Å². The number of para-hydroxylation sites is 1. The standard InChI is InChI=1S/C13H16O/c1-9-5-4-7-11-10-6-2-3-8-12(10)14-13(9)11/h4-5,7,10,12H,2-3,6,8H2,1H3/t10-,12?/m0/s1. The maximum atomic E-state index is 6.04. The summed E-state index contributed by atoms with van der Waals surface area (Å²) >= 11 is 0. The Kier molecular flexibility index (Phi) is 1.79. The third-order valence-electron chi connectivity index (χ3n) is 3.61. The molecule has 1 aliphatic carbocycles. The minimum Gasteiger partial charge on any atom is -0.489 e. The van der Waals surface area contributed by atoms with Crippen LogP contribution in [0, 0.1) is 6.92 Å². The molecule has 1 unspecified atom stereocenters. The van der Waals surface area contributed by atoms with Gasteiger partial charge in [0.15, 0.2) is 0 Å². The van der Waals surface area contributed by atoms with E-state index in [1.807, 2.05) is 0 Å². The van der Waals surface area contributed by atoms with Crippen LogP contribution in [-0.2, 0) is 0 Å². The molecule has 1 fully saturated rings. The molecular formula is C13H16O. The molecule has 2 atom stereocenters. The van der Waals surface area contributed by atoms with Crippen LogP contribution < -0.4 is 4.74 Å². The van der Waals surface area contributed by atoms with Crippen molar-refractivity contribution in [1.82, 2.24) is 0 Å². The van der Waals surface area contributed by atoms with E-state index >= 15 is 0 Å². The highest BCUT2D eigenvalue weighted by atomic mass is 16.5. The van der Waals surface area contributed by atoms with E-state index in [-0.39, 0.29) is 0 Å². The highest BCUT2D eigenvalue weighted by molar-refractivity contribution is 5.46. The Bertz CT molecular complexity index is 356. The Balaban J connectivity index is 2.05. The summed E-state index contributed by atoms with van der Waals surface area (Å²) in [6.45, 7) is 2.15. The molecule has 1 heterocycles. The second-order valence-electron chi connectivity index (χ2n) is 4.54. The van der Waals surface area contributed by atoms with Crippen molar-refractivity contribution >= 4 is 0 Å². The minimum atomic E-state index is 0.486. The van der Waals surface area contributed by atoms with Gasteiger partial charge in [-0.25, -0.2) is 0 Å². The predicted molar refractivity (Wildman–Crippen MR) is 56.8 cm³/mol. The molecule has 74 valence electrons. The van der Waals surface area contributed by atoms with Crippen LogP contribution in [0.1, 0.15) is 42.7 Å². The first-order chi connectivity index (χ1) is 6.86. The molecule has 1 aliphatic heterocycles. The third-order valence-corrected chi connectivity index (χ3v) is 3.61. The van der Waals surface area contributed by atoms with Gasteiger partial charge < -0.3 is 4.74 Å². The minimum absolute atomic E-state index is 0.486. The van der Waals surface area contributed by atoms with Gasteiger partial charge >= 0.3 is 0 Å². The molecule has 0 saturated heterocycles. The maximum Gasteiger partial charge on any atom is 0.126 e. The van der Waals surface area contributed by atoms with E-state index in [1.165, 1.54) is 42.6 Å². The summed E-state index contributed by atoms with van der Waals surface area (Å²) in [6, 6.07) is 6.56. The van der Waals surface area contributed by atoms with Crippen LogP contribution in [0.2, 0.25) is 0 Å². The summed E-state index contributed by atoms with van der Waals surface area (Å²) in [6.07, 6.45) is 5.77. The Morgan fingerprint density at radius 1 is 1.21 bits per heavy atom. The van der Waals surface area contributed by atoms with Crippen molar-refractivity contribution in [2.24, 2.45) is 0 Å². The second kappa shape index (κ2) is 3.01. The fourth-order valence-corrected chi connectivity index (χ4v) is 2.87. The van der Waals surface area contributed by atoms with Crippen LogP contribution in [0.3, 0.4) is 0 Å². The lowest BCUT2D eigenvalue weighted by Gasteiger charge is -2.23. The van der Waals surface area contributed by atoms with Crippen molar-refractivity contribution in [3.8, 4) is 5.75 Å². The van der Waals surface area contributed by atoms with Gasteiger partial charge in [-0.1, -0.05) is 24.6 Å². The van der Waals surface area contributed by atoms with Crippen molar-refractivity contribution in [2.45, 2.75) is 44.6 Å². The molecule has 0 bridgehead atoms. The fraction of sp³-hybridized carbons (Fsp3) is 0.538. The van der Waals surface area contributed by atoms with Gasteiger partial charge in [-0.3, -0.25) is 0 Å². The van der Waals surface area contributed by atoms with Gasteiger partial charge in [-0.2, -0.15) is 0 Å². The number of ether oxygens (including phenoxy) is 1. The molecule has 14 heavy (non-hydrogen) atoms. The molecule has 1 saturated carbocycles. The van der Waals surface area contributed by atoms with Crippen LogP contribution in [-0.4, -0.2) is 6.10 Å². The summed E-state index contributed by atoms with van der Waals surface area (Å²) in [4.78, 5) is 0. The summed E-state index contributed by atoms with van der Waals surface area (Å²) in [5, 5.41) is 0. The van der Waals surface area contributed by atoms with Gasteiger partial charge in [0, 0.05) is 11.5 Å². The van der Waals surface area contributed by atoms with Gasteiger partial charge in [0.2, 0.25) is 0 Å². The first kappa shape index (κ1) is 8.34. The van der Waals surface area contributed by atoms with E-state index in [9.17, 15) is 0 Å². The smallest absolute Gasteiger partial charge is 0.126 e. The zero-order valence-corrected chi connectivity index (χ0v) is 8.62. The van der Waals surface area contributed by atoms with Crippen LogP contribution in [0.4, 0.5) is 0 Å². The molecule has 1 heteroatoms. The first-order valence-corrected chi connectivity index (χ1v) is 5.62. The summed E-state index contributed by atoms with van der Waals surface area (Å²) in [5.41, 5.74) is 2.77. The Hall–Kier alpha value is -0.980. The topological polar surface area (TPSA) is 9.23 Å². The van der Waals surface area contributed by atoms with Crippen molar-refractivity contribution in [3.63, 3.8) is 0 Å². The second-order valence-corrected chi connectivity index (χ2v) is 4.54. The SMILES string of the molecule is Cc1cccc2c1OC1CCCC[C@@H]21. The number of hydrogen-bond acceptors (Lipinski definition) is 1. The number of fused-ring (bicyclic) bond motifs is 3. The number of rotatable bonds is 0. The lowest BCUT2D eigenvalue weighted by atomic mass is 9.83. The average Bonchev–Trinajstić information content (AvgIpc) is 2.59. The van der Waals surface area contributed by atoms with E-state index in [4.69, 9.17) is 4.74 Å². The van der Waals surface area contributed by atoms with Gasteiger partial charge in [-0.15, -0.1) is 0 Å². The maximum absolute atomic E-state index is 6.04. The summed E-state index contributed by atoms with van der Waals surface area (Å²) in [5.74, 6) is 1.88. The number of benzene rings is 1. The monoisotopic (exact) mass is 188 g/mol. The summed E-state index contributed by atoms with van der Waals surface area (Å²) in [7, 11) is 0. The molecule has 0 N–H and O–H groups in total. The zero-order chi connectivity index (χ0) is 9.54. The molecule has 3 rings (SSSR count). The van der Waals surface area contributed by atoms with E-state index in [1.54, 1.807) is 0 Å². The Morgan fingerprint density at radius 2 is 2.07 bits per heavy atom. The van der Waals surface area contributed by atoms with Crippen LogP contribution in [0.5, 0.6) is 5.75 Å². The van der Waals surface area contributed by atoms with Crippen LogP contribution in [0.25, 0.3) is 0 Å². The lowest BCUT2D eigenvalue weighted by molar-refractivity contribution is 0.163. The number of hydrogen-bond donors (Lipinski definition) is 0. The normalized spacial score (nSPS) is 29.2. The largest absolute Gasteiger partial charge is 0.489 e. The van der Waals surface area contributed by atoms with Crippen molar-refractivity contribution in [3.05, 3.63) is 29.3 Å². The van der Waals surface area contributed by atoms with Crippen molar-refractivity contribution in [2.75, 3.05) is 0 Å². The molecule has 1 nitrogen and oxygen atoms in total. The van der Waals surface area contributed by atoms with Crippen molar-refractivity contribution in [1.29, 1.82) is 0 Å². The predicted octanol–water partition coefficient (Wildman–Crippen LogP) is 3.41. The third kappa shape index (κ3) is 1.08. The van der Waals surface area contributed by atoms with E-state index in [2.05, 4.69) is 25.1 Å². The molecule has 0 spiro atoms. The van der Waals surface area contributed by atoms with Gasteiger partial charge in [-0.05, 0) is 31.7 Å². The van der Waals surface area contributed by atoms with Crippen LogP contribution in [0.15, 0.2) is 18.2 Å². The molecular weight excluding hydrogens is 172 g/mol. The average molecular weight is 188 g/mol. The van der Waals surface area contributed by atoms with Gasteiger partial charge in [0.25, 0.3) is 0 Å². The zero-order valence-electron chi connectivity index (χ0n) is 8.62. The van der Waals surface area contributed by atoms with E-state index < -0.39 is 0 Å². The molecule has 0 aromatic heterocycles. The van der Waals surface area contributed by atoms with Gasteiger partial charge in [0.1, 0.15) is 11.9 Å². The summed E-state index contributed by atoms with van der Waals surface area (Å²) < 4.78 is 6.04. The Morgan fingerprint density at radius 3 is 3.00 bits per heavy atom. The Labute approximate surface area is 85.1 Å². The highest BCUT2D eigenvalue weighted by Gasteiger charge is 2.36. The molecule has 2 aliphatic rings. The first-order valence-electron chi connectivity index (χ1n) is 5.62. The molecule has 0 amide bonds. The number of aryl methyl sites for hydroxylation is 1. The fourth-order valence-electron chi connectivity index (χ4n) is 2.87. The highest BCUT2D eigenvalue weighted by Crippen LogP contribution is 2.46. The molecule has 1 aromatic rings. The van der Waals surface area contributed by atoms with E-state index in [0.29, 0.717) is 12.0 Å². The quantitative estimate of drug-likeness (QED) is 0.606. The van der Waals surface area contributed by atoms with E-state index in [0.717, 1.165) is 0 Å². The molecule has 1 aromatic carbocycles. The lowest BCUT2D eigenvalue weighted by Crippen LogP contribution is -2.22. The molecule has 0 radical (unpaired) electrons.